The van der Waals surface area contributed by atoms with E-state index in [4.69, 9.17) is 9.47 Å². The number of imidazole rings is 1. The summed E-state index contributed by atoms with van der Waals surface area (Å²) < 4.78 is 26.8. The number of amides is 1. The summed E-state index contributed by atoms with van der Waals surface area (Å²) in [5, 5.41) is 2.69. The van der Waals surface area contributed by atoms with Gasteiger partial charge in [-0.1, -0.05) is 0 Å². The van der Waals surface area contributed by atoms with Gasteiger partial charge >= 0.3 is 0 Å². The predicted octanol–water partition coefficient (Wildman–Crippen LogP) is 3.98. The Hall–Kier alpha value is -3.35. The van der Waals surface area contributed by atoms with Crippen LogP contribution in [0, 0.1) is 12.7 Å². The number of aromatic nitrogens is 2. The molecule has 0 unspecified atom stereocenters. The van der Waals surface area contributed by atoms with E-state index in [1.807, 2.05) is 6.92 Å². The molecule has 0 atom stereocenters. The molecule has 27 heavy (non-hydrogen) atoms. The second kappa shape index (κ2) is 7.90. The van der Waals surface area contributed by atoms with E-state index >= 15 is 0 Å². The Kier molecular flexibility index (Phi) is 5.40. The van der Waals surface area contributed by atoms with E-state index in [2.05, 4.69) is 10.3 Å². The number of rotatable bonds is 6. The van der Waals surface area contributed by atoms with Gasteiger partial charge in [-0.15, -0.1) is 0 Å². The van der Waals surface area contributed by atoms with Crippen molar-refractivity contribution in [3.8, 4) is 17.2 Å². The minimum atomic E-state index is -0.460. The summed E-state index contributed by atoms with van der Waals surface area (Å²) in [5.41, 5.74) is 1.10. The zero-order valence-electron chi connectivity index (χ0n) is 15.3. The predicted molar refractivity (Wildman–Crippen MR) is 100 cm³/mol. The molecule has 7 heteroatoms. The summed E-state index contributed by atoms with van der Waals surface area (Å²) in [6, 6.07) is 9.39. The van der Waals surface area contributed by atoms with Gasteiger partial charge in [-0.25, -0.2) is 9.37 Å². The first-order valence-corrected chi connectivity index (χ1v) is 8.45. The molecule has 2 aromatic carbocycles. The number of methoxy groups -OCH3 is 1. The molecule has 140 valence electrons. The molecule has 1 amide bonds. The number of halogens is 1. The van der Waals surface area contributed by atoms with Crippen LogP contribution in [0.5, 0.6) is 11.5 Å². The Morgan fingerprint density at radius 3 is 2.67 bits per heavy atom. The molecule has 0 saturated carbocycles. The van der Waals surface area contributed by atoms with Crippen molar-refractivity contribution in [2.75, 3.05) is 19.0 Å². The molecular formula is C20H20FN3O3. The van der Waals surface area contributed by atoms with E-state index in [0.29, 0.717) is 40.9 Å². The van der Waals surface area contributed by atoms with Crippen molar-refractivity contribution in [1.82, 2.24) is 9.55 Å². The summed E-state index contributed by atoms with van der Waals surface area (Å²) in [5.74, 6) is 0.858. The first-order chi connectivity index (χ1) is 13.0. The third-order valence-corrected chi connectivity index (χ3v) is 4.02. The number of ether oxygens (including phenoxy) is 2. The standard InChI is InChI=1S/C20H20FN3O3/c1-4-27-18-8-5-14(11-19(18)26-3)20(25)23-15-6-7-17(16(21)12-15)24-10-9-22-13(24)2/h5-12H,4H2,1-3H3,(H,23,25). The van der Waals surface area contributed by atoms with E-state index in [1.54, 1.807) is 54.2 Å². The van der Waals surface area contributed by atoms with Crippen LogP contribution < -0.4 is 14.8 Å². The average molecular weight is 369 g/mol. The highest BCUT2D eigenvalue weighted by Gasteiger charge is 2.13. The highest BCUT2D eigenvalue weighted by atomic mass is 19.1. The molecule has 0 aliphatic rings. The van der Waals surface area contributed by atoms with Gasteiger partial charge in [0, 0.05) is 23.6 Å². The Bertz CT molecular complexity index is 969. The molecule has 0 aliphatic carbocycles. The number of hydrogen-bond donors (Lipinski definition) is 1. The van der Waals surface area contributed by atoms with Crippen molar-refractivity contribution < 1.29 is 18.7 Å². The highest BCUT2D eigenvalue weighted by Crippen LogP contribution is 2.28. The number of anilines is 1. The normalized spacial score (nSPS) is 10.5. The van der Waals surface area contributed by atoms with E-state index < -0.39 is 5.82 Å². The van der Waals surface area contributed by atoms with Crippen molar-refractivity contribution in [1.29, 1.82) is 0 Å². The maximum Gasteiger partial charge on any atom is 0.255 e. The van der Waals surface area contributed by atoms with Gasteiger partial charge in [0.25, 0.3) is 5.91 Å². The number of aryl methyl sites for hydroxylation is 1. The monoisotopic (exact) mass is 369 g/mol. The van der Waals surface area contributed by atoms with E-state index in [1.165, 1.54) is 13.2 Å². The fraction of sp³-hybridized carbons (Fsp3) is 0.200. The number of carbonyl (C=O) groups excluding carboxylic acids is 1. The Balaban J connectivity index is 1.80. The summed E-state index contributed by atoms with van der Waals surface area (Å²) in [7, 11) is 1.51. The van der Waals surface area contributed by atoms with Crippen molar-refractivity contribution in [3.63, 3.8) is 0 Å². The first kappa shape index (κ1) is 18.4. The molecule has 1 N–H and O–H groups in total. The molecule has 0 radical (unpaired) electrons. The van der Waals surface area contributed by atoms with E-state index in [0.717, 1.165) is 0 Å². The number of nitrogens with zero attached hydrogens (tertiary/aromatic N) is 2. The molecule has 6 nitrogen and oxygen atoms in total. The maximum absolute atomic E-state index is 14.5. The fourth-order valence-electron chi connectivity index (χ4n) is 2.70. The van der Waals surface area contributed by atoms with Crippen molar-refractivity contribution >= 4 is 11.6 Å². The van der Waals surface area contributed by atoms with Gasteiger partial charge in [-0.2, -0.15) is 0 Å². The molecule has 1 aromatic heterocycles. The van der Waals surface area contributed by atoms with Crippen molar-refractivity contribution in [2.45, 2.75) is 13.8 Å². The molecule has 0 fully saturated rings. The van der Waals surface area contributed by atoms with Gasteiger partial charge in [-0.3, -0.25) is 4.79 Å². The van der Waals surface area contributed by atoms with Crippen molar-refractivity contribution in [2.24, 2.45) is 0 Å². The highest BCUT2D eigenvalue weighted by molar-refractivity contribution is 6.04. The maximum atomic E-state index is 14.5. The van der Waals surface area contributed by atoms with Crippen molar-refractivity contribution in [3.05, 3.63) is 66.0 Å². The number of benzene rings is 2. The van der Waals surface area contributed by atoms with Gasteiger partial charge in [-0.05, 0) is 50.2 Å². The van der Waals surface area contributed by atoms with Crippen LogP contribution in [0.1, 0.15) is 23.1 Å². The summed E-state index contributed by atoms with van der Waals surface area (Å²) in [4.78, 5) is 16.6. The second-order valence-corrected chi connectivity index (χ2v) is 5.76. The van der Waals surface area contributed by atoms with Crippen LogP contribution in [0.15, 0.2) is 48.8 Å². The van der Waals surface area contributed by atoms with E-state index in [-0.39, 0.29) is 5.91 Å². The van der Waals surface area contributed by atoms with E-state index in [9.17, 15) is 9.18 Å². The SMILES string of the molecule is CCOc1ccc(C(=O)Nc2ccc(-n3ccnc3C)c(F)c2)cc1OC. The molecule has 0 spiro atoms. The van der Waals surface area contributed by atoms with Gasteiger partial charge in [0.05, 0.1) is 19.4 Å². The first-order valence-electron chi connectivity index (χ1n) is 8.45. The van der Waals surface area contributed by atoms with Crippen LogP contribution in [-0.2, 0) is 0 Å². The quantitative estimate of drug-likeness (QED) is 0.714. The van der Waals surface area contributed by atoms with Crippen LogP contribution >= 0.6 is 0 Å². The lowest BCUT2D eigenvalue weighted by Gasteiger charge is -2.12. The molecular weight excluding hydrogens is 349 g/mol. The number of nitrogens with one attached hydrogen (secondary N) is 1. The molecule has 0 bridgehead atoms. The van der Waals surface area contributed by atoms with Crippen LogP contribution in [0.4, 0.5) is 10.1 Å². The lowest BCUT2D eigenvalue weighted by molar-refractivity contribution is 0.102. The summed E-state index contributed by atoms with van der Waals surface area (Å²) in [6.07, 6.45) is 3.28. The van der Waals surface area contributed by atoms with Crippen LogP contribution in [0.25, 0.3) is 5.69 Å². The minimum Gasteiger partial charge on any atom is -0.493 e. The zero-order chi connectivity index (χ0) is 19.4. The molecule has 1 heterocycles. The lowest BCUT2D eigenvalue weighted by Crippen LogP contribution is -2.12. The van der Waals surface area contributed by atoms with Gasteiger partial charge in [0.1, 0.15) is 11.6 Å². The Morgan fingerprint density at radius 2 is 2.04 bits per heavy atom. The molecule has 3 rings (SSSR count). The molecule has 0 saturated heterocycles. The van der Waals surface area contributed by atoms with Gasteiger partial charge in [0.2, 0.25) is 0 Å². The van der Waals surface area contributed by atoms with Gasteiger partial charge in [0.15, 0.2) is 11.5 Å². The minimum absolute atomic E-state index is 0.354. The van der Waals surface area contributed by atoms with Crippen LogP contribution in [0.2, 0.25) is 0 Å². The number of carbonyl (C=O) groups is 1. The Morgan fingerprint density at radius 1 is 1.22 bits per heavy atom. The summed E-state index contributed by atoms with van der Waals surface area (Å²) in [6.45, 7) is 4.14. The zero-order valence-corrected chi connectivity index (χ0v) is 15.3. The van der Waals surface area contributed by atoms with Crippen LogP contribution in [0.3, 0.4) is 0 Å². The smallest absolute Gasteiger partial charge is 0.255 e. The largest absolute Gasteiger partial charge is 0.493 e. The third-order valence-electron chi connectivity index (χ3n) is 4.02. The van der Waals surface area contributed by atoms with Gasteiger partial charge < -0.3 is 19.4 Å². The number of hydrogen-bond acceptors (Lipinski definition) is 4. The molecule has 3 aromatic rings. The third kappa shape index (κ3) is 3.92. The van der Waals surface area contributed by atoms with Crippen LogP contribution in [-0.4, -0.2) is 29.2 Å². The average Bonchev–Trinajstić information content (AvgIpc) is 3.08. The summed E-state index contributed by atoms with van der Waals surface area (Å²) >= 11 is 0. The molecule has 0 aliphatic heterocycles. The lowest BCUT2D eigenvalue weighted by atomic mass is 10.1. The Labute approximate surface area is 156 Å². The second-order valence-electron chi connectivity index (χ2n) is 5.76. The topological polar surface area (TPSA) is 65.4 Å². The fourth-order valence-corrected chi connectivity index (χ4v) is 2.70.